The Morgan fingerprint density at radius 1 is 0.292 bits per heavy atom. The van der Waals surface area contributed by atoms with Crippen LogP contribution in [-0.2, 0) is 0 Å². The standard InChI is InChI=1S/C46H28N2/c1-2-13-32(14-3-1)45-46(36-21-18-29-10-4-5-15-33(29)26-36)47-41-25-23-34(28-42(41)48-45)40-27-35-20-19-30-11-6-8-16-37(30)43(35)39-24-22-31-12-7-9-17-38(31)44(39)40/h1-28H. The van der Waals surface area contributed by atoms with Crippen molar-refractivity contribution in [3.8, 4) is 33.6 Å². The average Bonchev–Trinajstić information content (AvgIpc) is 3.16. The first-order valence-electron chi connectivity index (χ1n) is 16.4. The molecule has 0 atom stereocenters. The summed E-state index contributed by atoms with van der Waals surface area (Å²) in [6, 6.07) is 60.9. The van der Waals surface area contributed by atoms with Gasteiger partial charge in [-0.25, -0.2) is 9.97 Å². The van der Waals surface area contributed by atoms with E-state index >= 15 is 0 Å². The lowest BCUT2D eigenvalue weighted by Gasteiger charge is -2.16. The predicted molar refractivity (Wildman–Crippen MR) is 203 cm³/mol. The molecule has 0 unspecified atom stereocenters. The molecular formula is C46H28N2. The van der Waals surface area contributed by atoms with Crippen LogP contribution < -0.4 is 0 Å². The lowest BCUT2D eigenvalue weighted by molar-refractivity contribution is 1.29. The third kappa shape index (κ3) is 4.20. The van der Waals surface area contributed by atoms with Gasteiger partial charge in [0, 0.05) is 11.1 Å². The van der Waals surface area contributed by atoms with E-state index in [1.54, 1.807) is 0 Å². The summed E-state index contributed by atoms with van der Waals surface area (Å²) in [6.07, 6.45) is 0. The molecule has 0 amide bonds. The Morgan fingerprint density at radius 2 is 0.875 bits per heavy atom. The minimum atomic E-state index is 0.877. The average molecular weight is 609 g/mol. The highest BCUT2D eigenvalue weighted by atomic mass is 14.8. The van der Waals surface area contributed by atoms with Crippen LogP contribution in [0.25, 0.3) is 98.5 Å². The zero-order valence-electron chi connectivity index (χ0n) is 26.1. The van der Waals surface area contributed by atoms with E-state index in [1.165, 1.54) is 59.4 Å². The van der Waals surface area contributed by atoms with Gasteiger partial charge in [0.05, 0.1) is 22.4 Å². The van der Waals surface area contributed by atoms with Gasteiger partial charge < -0.3 is 0 Å². The Bertz CT molecular complexity index is 2890. The number of fused-ring (bicyclic) bond motifs is 9. The van der Waals surface area contributed by atoms with E-state index in [9.17, 15) is 0 Å². The first-order chi connectivity index (χ1) is 23.8. The van der Waals surface area contributed by atoms with Crippen molar-refractivity contribution in [1.82, 2.24) is 9.97 Å². The Labute approximate surface area is 277 Å². The highest BCUT2D eigenvalue weighted by molar-refractivity contribution is 6.28. The largest absolute Gasteiger partial charge is 0.244 e. The lowest BCUT2D eigenvalue weighted by Crippen LogP contribution is -1.96. The van der Waals surface area contributed by atoms with E-state index in [0.29, 0.717) is 0 Å². The van der Waals surface area contributed by atoms with E-state index < -0.39 is 0 Å². The van der Waals surface area contributed by atoms with Crippen LogP contribution in [0.5, 0.6) is 0 Å². The number of benzene rings is 9. The van der Waals surface area contributed by atoms with Crippen molar-refractivity contribution in [2.75, 3.05) is 0 Å². The summed E-state index contributed by atoms with van der Waals surface area (Å²) in [5.74, 6) is 0. The molecule has 2 nitrogen and oxygen atoms in total. The lowest BCUT2D eigenvalue weighted by atomic mass is 9.88. The molecule has 0 N–H and O–H groups in total. The van der Waals surface area contributed by atoms with Gasteiger partial charge in [-0.2, -0.15) is 0 Å². The van der Waals surface area contributed by atoms with Gasteiger partial charge >= 0.3 is 0 Å². The molecule has 0 bridgehead atoms. The van der Waals surface area contributed by atoms with Crippen LogP contribution in [0.3, 0.4) is 0 Å². The molecule has 2 heteroatoms. The summed E-state index contributed by atoms with van der Waals surface area (Å²) < 4.78 is 0. The summed E-state index contributed by atoms with van der Waals surface area (Å²) in [5, 5.41) is 12.5. The Kier molecular flexibility index (Phi) is 5.91. The van der Waals surface area contributed by atoms with Gasteiger partial charge in [0.25, 0.3) is 0 Å². The molecule has 0 aliphatic rings. The maximum absolute atomic E-state index is 5.37. The van der Waals surface area contributed by atoms with E-state index in [-0.39, 0.29) is 0 Å². The number of aromatic nitrogens is 2. The fraction of sp³-hybridized carbons (Fsp3) is 0. The zero-order chi connectivity index (χ0) is 31.6. The number of hydrogen-bond donors (Lipinski definition) is 0. The van der Waals surface area contributed by atoms with Crippen molar-refractivity contribution in [2.45, 2.75) is 0 Å². The third-order valence-electron chi connectivity index (χ3n) is 9.77. The Morgan fingerprint density at radius 3 is 1.69 bits per heavy atom. The van der Waals surface area contributed by atoms with E-state index in [2.05, 4.69) is 164 Å². The topological polar surface area (TPSA) is 25.8 Å². The third-order valence-corrected chi connectivity index (χ3v) is 9.77. The minimum absolute atomic E-state index is 0.877. The summed E-state index contributed by atoms with van der Waals surface area (Å²) >= 11 is 0. The molecule has 0 fully saturated rings. The highest BCUT2D eigenvalue weighted by Crippen LogP contribution is 2.42. The van der Waals surface area contributed by atoms with Gasteiger partial charge in [0.15, 0.2) is 0 Å². The van der Waals surface area contributed by atoms with Crippen LogP contribution in [0.2, 0.25) is 0 Å². The molecule has 0 saturated carbocycles. The second-order valence-electron chi connectivity index (χ2n) is 12.6. The smallest absolute Gasteiger partial charge is 0.0973 e. The summed E-state index contributed by atoms with van der Waals surface area (Å²) in [5.41, 5.74) is 7.97. The van der Waals surface area contributed by atoms with Crippen molar-refractivity contribution in [1.29, 1.82) is 0 Å². The van der Waals surface area contributed by atoms with Crippen molar-refractivity contribution < 1.29 is 0 Å². The first kappa shape index (κ1) is 26.8. The van der Waals surface area contributed by atoms with Gasteiger partial charge in [-0.1, -0.05) is 146 Å². The maximum atomic E-state index is 5.37. The predicted octanol–water partition coefficient (Wildman–Crippen LogP) is 12.4. The number of rotatable bonds is 3. The van der Waals surface area contributed by atoms with Crippen LogP contribution in [0, 0.1) is 0 Å². The molecule has 1 heterocycles. The SMILES string of the molecule is c1ccc(-c2nc3cc(-c4cc5ccc6ccccc6c5c5ccc6ccccc6c45)ccc3nc2-c2ccc3ccccc3c2)cc1. The van der Waals surface area contributed by atoms with Crippen LogP contribution in [0.15, 0.2) is 170 Å². The quantitative estimate of drug-likeness (QED) is 0.187. The zero-order valence-corrected chi connectivity index (χ0v) is 26.1. The van der Waals surface area contributed by atoms with Crippen molar-refractivity contribution in [2.24, 2.45) is 0 Å². The highest BCUT2D eigenvalue weighted by Gasteiger charge is 2.17. The number of nitrogens with zero attached hydrogens (tertiary/aromatic N) is 2. The van der Waals surface area contributed by atoms with E-state index in [0.717, 1.165) is 39.1 Å². The Balaban J connectivity index is 1.25. The van der Waals surface area contributed by atoms with E-state index in [4.69, 9.17) is 9.97 Å². The molecule has 10 aromatic rings. The molecule has 9 aromatic carbocycles. The normalized spacial score (nSPS) is 11.8. The minimum Gasteiger partial charge on any atom is -0.244 e. The summed E-state index contributed by atoms with van der Waals surface area (Å²) in [7, 11) is 0. The summed E-state index contributed by atoms with van der Waals surface area (Å²) in [4.78, 5) is 10.7. The van der Waals surface area contributed by atoms with Crippen molar-refractivity contribution >= 4 is 64.9 Å². The van der Waals surface area contributed by atoms with Crippen LogP contribution in [-0.4, -0.2) is 9.97 Å². The first-order valence-corrected chi connectivity index (χ1v) is 16.4. The molecule has 0 spiro atoms. The molecular weight excluding hydrogens is 581 g/mol. The fourth-order valence-electron chi connectivity index (χ4n) is 7.49. The second kappa shape index (κ2) is 10.6. The molecule has 222 valence electrons. The molecule has 48 heavy (non-hydrogen) atoms. The van der Waals surface area contributed by atoms with Crippen LogP contribution >= 0.6 is 0 Å². The van der Waals surface area contributed by atoms with Gasteiger partial charge in [-0.3, -0.25) is 0 Å². The molecule has 1 aromatic heterocycles. The Hall–Kier alpha value is -6.38. The van der Waals surface area contributed by atoms with Gasteiger partial charge in [-0.15, -0.1) is 0 Å². The van der Waals surface area contributed by atoms with Gasteiger partial charge in [0.1, 0.15) is 0 Å². The summed E-state index contributed by atoms with van der Waals surface area (Å²) in [6.45, 7) is 0. The molecule has 0 radical (unpaired) electrons. The van der Waals surface area contributed by atoms with Crippen molar-refractivity contribution in [3.05, 3.63) is 170 Å². The second-order valence-corrected chi connectivity index (χ2v) is 12.6. The maximum Gasteiger partial charge on any atom is 0.0973 e. The molecule has 10 rings (SSSR count). The molecule has 0 aliphatic heterocycles. The van der Waals surface area contributed by atoms with Crippen LogP contribution in [0.1, 0.15) is 0 Å². The number of hydrogen-bond acceptors (Lipinski definition) is 2. The van der Waals surface area contributed by atoms with Gasteiger partial charge in [-0.05, 0) is 89.3 Å². The van der Waals surface area contributed by atoms with Gasteiger partial charge in [0.2, 0.25) is 0 Å². The van der Waals surface area contributed by atoms with E-state index in [1.807, 2.05) is 6.07 Å². The van der Waals surface area contributed by atoms with Crippen molar-refractivity contribution in [3.63, 3.8) is 0 Å². The molecule has 0 aliphatic carbocycles. The van der Waals surface area contributed by atoms with Crippen LogP contribution in [0.4, 0.5) is 0 Å². The molecule has 0 saturated heterocycles. The fourth-order valence-corrected chi connectivity index (χ4v) is 7.49. The monoisotopic (exact) mass is 608 g/mol.